The van der Waals surface area contributed by atoms with Crippen LogP contribution in [0.4, 0.5) is 14.9 Å². The molecule has 148 valence electrons. The molecular weight excluding hydrogens is 375 g/mol. The molecule has 3 aromatic rings. The van der Waals surface area contributed by atoms with Gasteiger partial charge in [0, 0.05) is 6.20 Å². The van der Waals surface area contributed by atoms with E-state index in [1.807, 2.05) is 30.3 Å². The summed E-state index contributed by atoms with van der Waals surface area (Å²) >= 11 is 0. The zero-order chi connectivity index (χ0) is 20.6. The molecule has 3 rings (SSSR count). The summed E-state index contributed by atoms with van der Waals surface area (Å²) in [6, 6.07) is 16.7. The summed E-state index contributed by atoms with van der Waals surface area (Å²) in [5.74, 6) is -1.18. The molecule has 0 bridgehead atoms. The number of nitrogens with zero attached hydrogens (tertiary/aromatic N) is 1. The number of hydrogen-bond donors (Lipinski definition) is 1. The van der Waals surface area contributed by atoms with Gasteiger partial charge in [0.25, 0.3) is 0 Å². The third-order valence-electron chi connectivity index (χ3n) is 4.00. The Morgan fingerprint density at radius 2 is 1.76 bits per heavy atom. The van der Waals surface area contributed by atoms with Gasteiger partial charge in [-0.15, -0.1) is 0 Å². The molecule has 1 N–H and O–H groups in total. The van der Waals surface area contributed by atoms with Gasteiger partial charge in [0.05, 0.1) is 12.3 Å². The highest BCUT2D eigenvalue weighted by atomic mass is 19.1. The molecule has 0 aliphatic carbocycles. The first-order chi connectivity index (χ1) is 14.1. The van der Waals surface area contributed by atoms with Crippen molar-refractivity contribution in [2.24, 2.45) is 0 Å². The topological polar surface area (TPSA) is 77.5 Å². The predicted molar refractivity (Wildman–Crippen MR) is 106 cm³/mol. The van der Waals surface area contributed by atoms with E-state index in [2.05, 4.69) is 10.3 Å². The maximum Gasteiger partial charge on any atom is 0.412 e. The molecule has 1 amide bonds. The molecule has 0 saturated carbocycles. The van der Waals surface area contributed by atoms with Crippen LogP contribution in [0.25, 0.3) is 11.1 Å². The van der Waals surface area contributed by atoms with Crippen LogP contribution in [-0.2, 0) is 16.1 Å². The van der Waals surface area contributed by atoms with Crippen LogP contribution < -0.4 is 5.32 Å². The van der Waals surface area contributed by atoms with Crippen molar-refractivity contribution in [2.75, 3.05) is 11.9 Å². The maximum atomic E-state index is 14.5. The highest BCUT2D eigenvalue weighted by Gasteiger charge is 2.12. The summed E-state index contributed by atoms with van der Waals surface area (Å²) in [7, 11) is 0. The van der Waals surface area contributed by atoms with Gasteiger partial charge < -0.3 is 9.47 Å². The van der Waals surface area contributed by atoms with E-state index in [9.17, 15) is 14.0 Å². The molecule has 2 aromatic carbocycles. The number of amides is 1. The van der Waals surface area contributed by atoms with Gasteiger partial charge >= 0.3 is 12.1 Å². The van der Waals surface area contributed by atoms with Crippen LogP contribution in [0.5, 0.6) is 0 Å². The monoisotopic (exact) mass is 394 g/mol. The SMILES string of the molecule is CCOC(=O)c1cc(-c2ccc(NC(=O)OCc3ccccc3)c(F)c2)ccn1. The number of rotatable bonds is 6. The highest BCUT2D eigenvalue weighted by Crippen LogP contribution is 2.25. The lowest BCUT2D eigenvalue weighted by atomic mass is 10.1. The average Bonchev–Trinajstić information content (AvgIpc) is 2.75. The largest absolute Gasteiger partial charge is 0.461 e. The lowest BCUT2D eigenvalue weighted by molar-refractivity contribution is 0.0519. The summed E-state index contributed by atoms with van der Waals surface area (Å²) in [6.45, 7) is 2.02. The molecule has 0 spiro atoms. The summed E-state index contributed by atoms with van der Waals surface area (Å²) in [5, 5.41) is 2.38. The Labute approximate surface area is 167 Å². The Balaban J connectivity index is 1.68. The van der Waals surface area contributed by atoms with Gasteiger partial charge in [-0.1, -0.05) is 36.4 Å². The molecule has 1 aromatic heterocycles. The van der Waals surface area contributed by atoms with E-state index in [1.54, 1.807) is 19.1 Å². The van der Waals surface area contributed by atoms with Gasteiger partial charge in [-0.3, -0.25) is 5.32 Å². The van der Waals surface area contributed by atoms with Gasteiger partial charge in [0.1, 0.15) is 18.1 Å². The minimum atomic E-state index is -0.756. The van der Waals surface area contributed by atoms with Crippen LogP contribution >= 0.6 is 0 Å². The Bertz CT molecular complexity index is 1010. The molecule has 6 nitrogen and oxygen atoms in total. The summed E-state index contributed by atoms with van der Waals surface area (Å²) in [5.41, 5.74) is 2.08. The fourth-order valence-corrected chi connectivity index (χ4v) is 2.59. The minimum absolute atomic E-state index is 0.00789. The Kier molecular flexibility index (Phi) is 6.52. The predicted octanol–water partition coefficient (Wildman–Crippen LogP) is 4.81. The van der Waals surface area contributed by atoms with Crippen molar-refractivity contribution >= 4 is 17.7 Å². The van der Waals surface area contributed by atoms with E-state index in [0.29, 0.717) is 11.1 Å². The van der Waals surface area contributed by atoms with E-state index in [-0.39, 0.29) is 24.6 Å². The van der Waals surface area contributed by atoms with Crippen molar-refractivity contribution in [3.63, 3.8) is 0 Å². The molecule has 1 heterocycles. The molecule has 0 aliphatic rings. The maximum absolute atomic E-state index is 14.5. The summed E-state index contributed by atoms with van der Waals surface area (Å²) < 4.78 is 24.5. The zero-order valence-electron chi connectivity index (χ0n) is 15.7. The fraction of sp³-hybridized carbons (Fsp3) is 0.136. The van der Waals surface area contributed by atoms with E-state index < -0.39 is 17.9 Å². The van der Waals surface area contributed by atoms with Crippen LogP contribution in [0.3, 0.4) is 0 Å². The Morgan fingerprint density at radius 3 is 2.48 bits per heavy atom. The van der Waals surface area contributed by atoms with E-state index in [0.717, 1.165) is 5.56 Å². The first kappa shape index (κ1) is 20.0. The van der Waals surface area contributed by atoms with Crippen LogP contribution in [-0.4, -0.2) is 23.7 Å². The Hall–Kier alpha value is -3.74. The second-order valence-corrected chi connectivity index (χ2v) is 6.03. The number of benzene rings is 2. The second-order valence-electron chi connectivity index (χ2n) is 6.03. The van der Waals surface area contributed by atoms with E-state index in [4.69, 9.17) is 9.47 Å². The molecular formula is C22H19FN2O4. The molecule has 0 atom stereocenters. The van der Waals surface area contributed by atoms with Crippen molar-refractivity contribution in [2.45, 2.75) is 13.5 Å². The lowest BCUT2D eigenvalue weighted by Gasteiger charge is -2.10. The van der Waals surface area contributed by atoms with Crippen molar-refractivity contribution in [1.29, 1.82) is 0 Å². The van der Waals surface area contributed by atoms with Gasteiger partial charge in [0.15, 0.2) is 0 Å². The molecule has 29 heavy (non-hydrogen) atoms. The third kappa shape index (κ3) is 5.38. The standard InChI is InChI=1S/C22H19FN2O4/c1-2-28-21(26)20-13-17(10-11-24-20)16-8-9-19(18(23)12-16)25-22(27)29-14-15-6-4-3-5-7-15/h3-13H,2,14H2,1H3,(H,25,27). The molecule has 0 saturated heterocycles. The number of halogens is 1. The molecule has 0 fully saturated rings. The number of ether oxygens (including phenoxy) is 2. The van der Waals surface area contributed by atoms with Gasteiger partial charge in [0.2, 0.25) is 0 Å². The number of hydrogen-bond acceptors (Lipinski definition) is 5. The second kappa shape index (κ2) is 9.45. The number of anilines is 1. The van der Waals surface area contributed by atoms with Crippen LogP contribution in [0.15, 0.2) is 66.9 Å². The normalized spacial score (nSPS) is 10.3. The first-order valence-corrected chi connectivity index (χ1v) is 8.97. The quantitative estimate of drug-likeness (QED) is 0.607. The van der Waals surface area contributed by atoms with Crippen molar-refractivity contribution in [3.05, 3.63) is 83.9 Å². The minimum Gasteiger partial charge on any atom is -0.461 e. The molecule has 0 radical (unpaired) electrons. The third-order valence-corrected chi connectivity index (χ3v) is 4.00. The number of esters is 1. The van der Waals surface area contributed by atoms with Crippen molar-refractivity contribution in [3.8, 4) is 11.1 Å². The van der Waals surface area contributed by atoms with Gasteiger partial charge in [-0.05, 0) is 47.9 Å². The van der Waals surface area contributed by atoms with E-state index >= 15 is 0 Å². The van der Waals surface area contributed by atoms with Crippen molar-refractivity contribution in [1.82, 2.24) is 4.98 Å². The highest BCUT2D eigenvalue weighted by molar-refractivity contribution is 5.89. The molecule has 7 heteroatoms. The number of carbonyl (C=O) groups excluding carboxylic acids is 2. The molecule has 0 unspecified atom stereocenters. The van der Waals surface area contributed by atoms with Gasteiger partial charge in [-0.25, -0.2) is 19.0 Å². The summed E-state index contributed by atoms with van der Waals surface area (Å²) in [6.07, 6.45) is 0.695. The lowest BCUT2D eigenvalue weighted by Crippen LogP contribution is -2.14. The number of carbonyl (C=O) groups is 2. The average molecular weight is 394 g/mol. The van der Waals surface area contributed by atoms with Crippen molar-refractivity contribution < 1.29 is 23.5 Å². The smallest absolute Gasteiger partial charge is 0.412 e. The van der Waals surface area contributed by atoms with Crippen LogP contribution in [0, 0.1) is 5.82 Å². The summed E-state index contributed by atoms with van der Waals surface area (Å²) in [4.78, 5) is 27.7. The Morgan fingerprint density at radius 1 is 1.00 bits per heavy atom. The van der Waals surface area contributed by atoms with Crippen LogP contribution in [0.1, 0.15) is 23.0 Å². The number of pyridine rings is 1. The first-order valence-electron chi connectivity index (χ1n) is 8.97. The zero-order valence-corrected chi connectivity index (χ0v) is 15.7. The molecule has 0 aliphatic heterocycles. The van der Waals surface area contributed by atoms with Gasteiger partial charge in [-0.2, -0.15) is 0 Å². The number of nitrogens with one attached hydrogen (secondary N) is 1. The van der Waals surface area contributed by atoms with E-state index in [1.165, 1.54) is 24.4 Å². The van der Waals surface area contributed by atoms with Crippen LogP contribution in [0.2, 0.25) is 0 Å². The fourth-order valence-electron chi connectivity index (χ4n) is 2.59. The number of aromatic nitrogens is 1.